The van der Waals surface area contributed by atoms with Crippen molar-refractivity contribution in [1.29, 1.82) is 0 Å². The van der Waals surface area contributed by atoms with Crippen LogP contribution in [-0.4, -0.2) is 6.04 Å². The van der Waals surface area contributed by atoms with Gasteiger partial charge in [0.25, 0.3) is 0 Å². The van der Waals surface area contributed by atoms with Gasteiger partial charge in [-0.1, -0.05) is 6.42 Å². The second kappa shape index (κ2) is 2.47. The maximum atomic E-state index is 5.82. The Kier molecular flexibility index (Phi) is 2.02. The van der Waals surface area contributed by atoms with Gasteiger partial charge >= 0.3 is 0 Å². The molecular formula is C7H14ClN. The fourth-order valence-electron chi connectivity index (χ4n) is 2.29. The molecule has 9 heavy (non-hydrogen) atoms. The van der Waals surface area contributed by atoms with Gasteiger partial charge in [-0.25, -0.2) is 0 Å². The van der Waals surface area contributed by atoms with E-state index in [2.05, 4.69) is 0 Å². The predicted octanol–water partition coefficient (Wildman–Crippen LogP) is 1.56. The summed E-state index contributed by atoms with van der Waals surface area (Å²) in [5.41, 5.74) is 5.82. The topological polar surface area (TPSA) is 26.0 Å². The second-order valence-corrected chi connectivity index (χ2v) is 3.34. The molecule has 54 valence electrons. The first kappa shape index (κ1) is 7.36. The maximum absolute atomic E-state index is 5.82. The van der Waals surface area contributed by atoms with E-state index in [1.54, 1.807) is 0 Å². The third-order valence-electron chi connectivity index (χ3n) is 2.79. The third-order valence-corrected chi connectivity index (χ3v) is 2.79. The van der Waals surface area contributed by atoms with E-state index in [0.717, 1.165) is 11.8 Å². The quantitative estimate of drug-likeness (QED) is 0.553. The van der Waals surface area contributed by atoms with Crippen LogP contribution in [0.2, 0.25) is 0 Å². The Morgan fingerprint density at radius 1 is 1.11 bits per heavy atom. The Hall–Kier alpha value is 0.250. The molecule has 0 spiro atoms. The molecule has 0 amide bonds. The minimum absolute atomic E-state index is 0. The fourth-order valence-corrected chi connectivity index (χ4v) is 2.29. The van der Waals surface area contributed by atoms with Crippen molar-refractivity contribution in [1.82, 2.24) is 0 Å². The third kappa shape index (κ3) is 1.08. The zero-order valence-corrected chi connectivity index (χ0v) is 6.36. The summed E-state index contributed by atoms with van der Waals surface area (Å²) >= 11 is 0. The molecule has 2 aliphatic carbocycles. The first-order chi connectivity index (χ1) is 3.86. The molecule has 2 fully saturated rings. The van der Waals surface area contributed by atoms with E-state index < -0.39 is 0 Å². The normalized spacial score (nSPS) is 47.0. The highest BCUT2D eigenvalue weighted by molar-refractivity contribution is 5.85. The van der Waals surface area contributed by atoms with Crippen LogP contribution in [0.5, 0.6) is 0 Å². The van der Waals surface area contributed by atoms with Gasteiger partial charge < -0.3 is 5.73 Å². The highest BCUT2D eigenvalue weighted by Crippen LogP contribution is 2.43. The van der Waals surface area contributed by atoms with E-state index in [-0.39, 0.29) is 12.4 Å². The van der Waals surface area contributed by atoms with Gasteiger partial charge in [0, 0.05) is 6.04 Å². The summed E-state index contributed by atoms with van der Waals surface area (Å²) in [6.07, 6.45) is 5.66. The SMILES string of the molecule is Cl.N[C@H]1C[C@H]2CC[C@@H]1C2. The number of rotatable bonds is 0. The van der Waals surface area contributed by atoms with Gasteiger partial charge in [-0.2, -0.15) is 0 Å². The molecule has 0 saturated heterocycles. The lowest BCUT2D eigenvalue weighted by molar-refractivity contribution is 0.418. The molecule has 2 bridgehead atoms. The summed E-state index contributed by atoms with van der Waals surface area (Å²) in [5.74, 6) is 1.94. The number of fused-ring (bicyclic) bond motifs is 2. The molecule has 0 radical (unpaired) electrons. The zero-order valence-electron chi connectivity index (χ0n) is 5.55. The molecule has 2 heteroatoms. The standard InChI is InChI=1S/C7H13N.ClH/c8-7-4-5-1-2-6(7)3-5;/h5-7H,1-4,8H2;1H/t5-,6+,7-;/m0./s1. The van der Waals surface area contributed by atoms with E-state index >= 15 is 0 Å². The summed E-state index contributed by atoms with van der Waals surface area (Å²) in [6, 6.07) is 0.578. The Bertz CT molecular complexity index is 103. The van der Waals surface area contributed by atoms with Gasteiger partial charge in [-0.15, -0.1) is 12.4 Å². The Morgan fingerprint density at radius 3 is 2.11 bits per heavy atom. The maximum Gasteiger partial charge on any atom is 0.00699 e. The van der Waals surface area contributed by atoms with Crippen molar-refractivity contribution in [3.63, 3.8) is 0 Å². The molecule has 2 rings (SSSR count). The number of nitrogens with two attached hydrogens (primary N) is 1. The summed E-state index contributed by atoms with van der Waals surface area (Å²) in [7, 11) is 0. The Balaban J connectivity index is 0.000000405. The van der Waals surface area contributed by atoms with E-state index in [1.807, 2.05) is 0 Å². The fraction of sp³-hybridized carbons (Fsp3) is 1.00. The minimum atomic E-state index is 0. The number of halogens is 1. The molecule has 0 heterocycles. The highest BCUT2D eigenvalue weighted by atomic mass is 35.5. The minimum Gasteiger partial charge on any atom is -0.327 e. The van der Waals surface area contributed by atoms with Crippen LogP contribution in [-0.2, 0) is 0 Å². The lowest BCUT2D eigenvalue weighted by Crippen LogP contribution is -2.26. The molecule has 0 unspecified atom stereocenters. The van der Waals surface area contributed by atoms with Crippen LogP contribution in [0.15, 0.2) is 0 Å². The molecule has 0 aromatic heterocycles. The average Bonchev–Trinajstić information content (AvgIpc) is 2.23. The van der Waals surface area contributed by atoms with Crippen LogP contribution < -0.4 is 5.73 Å². The van der Waals surface area contributed by atoms with Crippen LogP contribution in [0.25, 0.3) is 0 Å². The van der Waals surface area contributed by atoms with Gasteiger partial charge in [0.1, 0.15) is 0 Å². The van der Waals surface area contributed by atoms with E-state index in [1.165, 1.54) is 25.7 Å². The molecule has 2 N–H and O–H groups in total. The highest BCUT2D eigenvalue weighted by Gasteiger charge is 2.36. The average molecular weight is 148 g/mol. The first-order valence-corrected chi connectivity index (χ1v) is 3.62. The first-order valence-electron chi connectivity index (χ1n) is 3.62. The van der Waals surface area contributed by atoms with Crippen molar-refractivity contribution in [3.8, 4) is 0 Å². The molecular weight excluding hydrogens is 134 g/mol. The summed E-state index contributed by atoms with van der Waals surface area (Å²) in [6.45, 7) is 0. The monoisotopic (exact) mass is 147 g/mol. The Morgan fingerprint density at radius 2 is 1.89 bits per heavy atom. The van der Waals surface area contributed by atoms with Crippen molar-refractivity contribution < 1.29 is 0 Å². The number of hydrogen-bond acceptors (Lipinski definition) is 1. The van der Waals surface area contributed by atoms with E-state index in [9.17, 15) is 0 Å². The molecule has 3 atom stereocenters. The smallest absolute Gasteiger partial charge is 0.00699 e. The molecule has 2 saturated carbocycles. The Labute approximate surface area is 62.4 Å². The van der Waals surface area contributed by atoms with Crippen LogP contribution >= 0.6 is 12.4 Å². The van der Waals surface area contributed by atoms with Gasteiger partial charge in [-0.05, 0) is 31.1 Å². The van der Waals surface area contributed by atoms with Crippen molar-refractivity contribution in [2.45, 2.75) is 31.7 Å². The molecule has 0 aromatic rings. The summed E-state index contributed by atoms with van der Waals surface area (Å²) in [4.78, 5) is 0. The van der Waals surface area contributed by atoms with Crippen molar-refractivity contribution in [2.75, 3.05) is 0 Å². The van der Waals surface area contributed by atoms with Crippen LogP contribution in [0, 0.1) is 11.8 Å². The van der Waals surface area contributed by atoms with Gasteiger partial charge in [0.05, 0.1) is 0 Å². The van der Waals surface area contributed by atoms with Crippen molar-refractivity contribution >= 4 is 12.4 Å². The van der Waals surface area contributed by atoms with Crippen molar-refractivity contribution in [2.24, 2.45) is 17.6 Å². The van der Waals surface area contributed by atoms with Crippen LogP contribution in [0.3, 0.4) is 0 Å². The lowest BCUT2D eigenvalue weighted by Gasteiger charge is -2.15. The largest absolute Gasteiger partial charge is 0.327 e. The number of hydrogen-bond donors (Lipinski definition) is 1. The summed E-state index contributed by atoms with van der Waals surface area (Å²) < 4.78 is 0. The van der Waals surface area contributed by atoms with Gasteiger partial charge in [0.2, 0.25) is 0 Å². The van der Waals surface area contributed by atoms with E-state index in [4.69, 9.17) is 5.73 Å². The lowest BCUT2D eigenvalue weighted by atomic mass is 9.96. The van der Waals surface area contributed by atoms with E-state index in [0.29, 0.717) is 6.04 Å². The molecule has 2 aliphatic rings. The second-order valence-electron chi connectivity index (χ2n) is 3.34. The van der Waals surface area contributed by atoms with Crippen LogP contribution in [0.1, 0.15) is 25.7 Å². The molecule has 0 aromatic carbocycles. The van der Waals surface area contributed by atoms with Crippen molar-refractivity contribution in [3.05, 3.63) is 0 Å². The predicted molar refractivity (Wildman–Crippen MR) is 40.7 cm³/mol. The zero-order chi connectivity index (χ0) is 5.56. The molecule has 1 nitrogen and oxygen atoms in total. The van der Waals surface area contributed by atoms with Crippen LogP contribution in [0.4, 0.5) is 0 Å². The molecule has 0 aliphatic heterocycles. The summed E-state index contributed by atoms with van der Waals surface area (Å²) in [5, 5.41) is 0. The van der Waals surface area contributed by atoms with Gasteiger partial charge in [-0.3, -0.25) is 0 Å². The van der Waals surface area contributed by atoms with Gasteiger partial charge in [0.15, 0.2) is 0 Å².